The van der Waals surface area contributed by atoms with Gasteiger partial charge < -0.3 is 0 Å². The van der Waals surface area contributed by atoms with E-state index in [2.05, 4.69) is 155 Å². The maximum atomic E-state index is 5.04. The lowest BCUT2D eigenvalue weighted by molar-refractivity contribution is 1.10. The molecular weight excluding hydrogens is 571 g/mol. The molecule has 0 atom stereocenters. The van der Waals surface area contributed by atoms with E-state index in [0.717, 1.165) is 39.4 Å². The first kappa shape index (κ1) is 27.0. The number of benzene rings is 7. The molecule has 0 aliphatic rings. The summed E-state index contributed by atoms with van der Waals surface area (Å²) in [4.78, 5) is 9.67. The third-order valence-electron chi connectivity index (χ3n) is 9.05. The summed E-state index contributed by atoms with van der Waals surface area (Å²) in [6.45, 7) is 0. The molecule has 0 N–H and O–H groups in total. The van der Waals surface area contributed by atoms with Crippen molar-refractivity contribution in [2.45, 2.75) is 0 Å². The molecule has 2 heterocycles. The summed E-state index contributed by atoms with van der Waals surface area (Å²) in [5, 5.41) is 4.93. The van der Waals surface area contributed by atoms with Crippen molar-refractivity contribution >= 4 is 32.6 Å². The second-order valence-electron chi connectivity index (χ2n) is 11.8. The van der Waals surface area contributed by atoms with Gasteiger partial charge in [0.2, 0.25) is 0 Å². The quantitative estimate of drug-likeness (QED) is 0.184. The van der Waals surface area contributed by atoms with Crippen LogP contribution in [0.25, 0.3) is 83.2 Å². The van der Waals surface area contributed by atoms with Crippen LogP contribution in [-0.2, 0) is 0 Å². The Kier molecular flexibility index (Phi) is 6.46. The lowest BCUT2D eigenvalue weighted by atomic mass is 9.85. The van der Waals surface area contributed by atoms with Crippen LogP contribution in [0, 0.1) is 0 Å². The molecule has 0 fully saturated rings. The standard InChI is InChI=1S/C44H29N3/c1-2-13-31(14-3-1)44-46-40-22-8-9-23-41(40)47(44)34-26-24-30(25-27-34)42-35-17-4-6-19-37(35)43(38-20-7-5-18-36(38)42)33-16-12-15-32(29-33)39-21-10-11-28-45-39/h1-29H. The SMILES string of the molecule is c1ccc(-c2nc3ccccc3n2-c2ccc(-c3c4ccccc4c(-c4cccc(-c5ccccn5)c4)c4ccccc34)cc2)cc1. The summed E-state index contributed by atoms with van der Waals surface area (Å²) in [5.74, 6) is 0.938. The number of hydrogen-bond acceptors (Lipinski definition) is 2. The van der Waals surface area contributed by atoms with Gasteiger partial charge in [-0.3, -0.25) is 9.55 Å². The summed E-state index contributed by atoms with van der Waals surface area (Å²) in [7, 11) is 0. The van der Waals surface area contributed by atoms with Crippen molar-refractivity contribution in [3.63, 3.8) is 0 Å². The molecule has 0 saturated carbocycles. The van der Waals surface area contributed by atoms with E-state index in [1.807, 2.05) is 30.5 Å². The van der Waals surface area contributed by atoms with Gasteiger partial charge in [-0.25, -0.2) is 4.98 Å². The van der Waals surface area contributed by atoms with Gasteiger partial charge >= 0.3 is 0 Å². The Balaban J connectivity index is 1.23. The molecule has 0 amide bonds. The van der Waals surface area contributed by atoms with Crippen LogP contribution in [0.1, 0.15) is 0 Å². The average Bonchev–Trinajstić information content (AvgIpc) is 3.54. The molecular formula is C44H29N3. The molecule has 0 aliphatic heterocycles. The lowest BCUT2D eigenvalue weighted by Gasteiger charge is -2.18. The number of rotatable bonds is 5. The highest BCUT2D eigenvalue weighted by molar-refractivity contribution is 6.21. The minimum atomic E-state index is 0.938. The fourth-order valence-electron chi connectivity index (χ4n) is 6.96. The van der Waals surface area contributed by atoms with E-state index >= 15 is 0 Å². The number of imidazole rings is 1. The Bertz CT molecular complexity index is 2490. The summed E-state index contributed by atoms with van der Waals surface area (Å²) in [5.41, 5.74) is 11.2. The Morgan fingerprint density at radius 2 is 0.979 bits per heavy atom. The second kappa shape index (κ2) is 11.2. The number of para-hydroxylation sites is 2. The largest absolute Gasteiger partial charge is 0.292 e. The van der Waals surface area contributed by atoms with E-state index in [0.29, 0.717) is 0 Å². The molecule has 3 heteroatoms. The molecule has 7 aromatic carbocycles. The number of hydrogen-bond donors (Lipinski definition) is 0. The molecule has 9 rings (SSSR count). The van der Waals surface area contributed by atoms with Gasteiger partial charge in [-0.05, 0) is 86.3 Å². The Labute approximate surface area is 273 Å². The van der Waals surface area contributed by atoms with Gasteiger partial charge in [-0.15, -0.1) is 0 Å². The molecule has 0 aliphatic carbocycles. The summed E-state index contributed by atoms with van der Waals surface area (Å²) < 4.78 is 2.27. The van der Waals surface area contributed by atoms with Crippen LogP contribution in [0.4, 0.5) is 0 Å². The highest BCUT2D eigenvalue weighted by Crippen LogP contribution is 2.44. The molecule has 0 spiro atoms. The zero-order valence-electron chi connectivity index (χ0n) is 25.6. The van der Waals surface area contributed by atoms with Crippen LogP contribution in [-0.4, -0.2) is 14.5 Å². The maximum absolute atomic E-state index is 5.04. The van der Waals surface area contributed by atoms with Crippen molar-refractivity contribution < 1.29 is 0 Å². The molecule has 9 aromatic rings. The Morgan fingerprint density at radius 1 is 0.404 bits per heavy atom. The third-order valence-corrected chi connectivity index (χ3v) is 9.05. The molecule has 0 bridgehead atoms. The molecule has 220 valence electrons. The smallest absolute Gasteiger partial charge is 0.145 e. The van der Waals surface area contributed by atoms with Crippen LogP contribution in [0.15, 0.2) is 176 Å². The third kappa shape index (κ3) is 4.60. The highest BCUT2D eigenvalue weighted by Gasteiger charge is 2.18. The first-order valence-corrected chi connectivity index (χ1v) is 15.9. The molecule has 3 nitrogen and oxygen atoms in total. The molecule has 0 radical (unpaired) electrons. The van der Waals surface area contributed by atoms with Crippen LogP contribution in [0.2, 0.25) is 0 Å². The zero-order chi connectivity index (χ0) is 31.2. The monoisotopic (exact) mass is 599 g/mol. The second-order valence-corrected chi connectivity index (χ2v) is 11.8. The molecule has 0 unspecified atom stereocenters. The maximum Gasteiger partial charge on any atom is 0.145 e. The van der Waals surface area contributed by atoms with Gasteiger partial charge in [0.15, 0.2) is 0 Å². The minimum absolute atomic E-state index is 0.938. The minimum Gasteiger partial charge on any atom is -0.292 e. The fourth-order valence-corrected chi connectivity index (χ4v) is 6.96. The number of aromatic nitrogens is 3. The number of fused-ring (bicyclic) bond motifs is 3. The lowest BCUT2D eigenvalue weighted by Crippen LogP contribution is -1.98. The van der Waals surface area contributed by atoms with Crippen molar-refractivity contribution in [1.29, 1.82) is 0 Å². The highest BCUT2D eigenvalue weighted by atomic mass is 15.1. The predicted molar refractivity (Wildman–Crippen MR) is 196 cm³/mol. The van der Waals surface area contributed by atoms with Gasteiger partial charge in [0.25, 0.3) is 0 Å². The van der Waals surface area contributed by atoms with Crippen molar-refractivity contribution in [1.82, 2.24) is 14.5 Å². The van der Waals surface area contributed by atoms with E-state index in [-0.39, 0.29) is 0 Å². The van der Waals surface area contributed by atoms with Crippen LogP contribution in [0.3, 0.4) is 0 Å². The number of nitrogens with zero attached hydrogens (tertiary/aromatic N) is 3. The summed E-state index contributed by atoms with van der Waals surface area (Å²) >= 11 is 0. The first-order valence-electron chi connectivity index (χ1n) is 15.9. The summed E-state index contributed by atoms with van der Waals surface area (Å²) in [6, 6.07) is 60.2. The molecule has 2 aromatic heterocycles. The number of pyridine rings is 1. The predicted octanol–water partition coefficient (Wildman–Crippen LogP) is 11.4. The van der Waals surface area contributed by atoms with Crippen molar-refractivity contribution in [3.8, 4) is 50.6 Å². The van der Waals surface area contributed by atoms with Gasteiger partial charge in [0.1, 0.15) is 5.82 Å². The van der Waals surface area contributed by atoms with E-state index in [4.69, 9.17) is 4.98 Å². The van der Waals surface area contributed by atoms with Gasteiger partial charge in [-0.2, -0.15) is 0 Å². The molecule has 0 saturated heterocycles. The van der Waals surface area contributed by atoms with E-state index in [9.17, 15) is 0 Å². The van der Waals surface area contributed by atoms with Gasteiger partial charge in [0.05, 0.1) is 16.7 Å². The average molecular weight is 600 g/mol. The van der Waals surface area contributed by atoms with Crippen LogP contribution >= 0.6 is 0 Å². The Hall–Kier alpha value is -6.32. The van der Waals surface area contributed by atoms with Gasteiger partial charge in [0, 0.05) is 23.0 Å². The fraction of sp³-hybridized carbons (Fsp3) is 0. The normalized spacial score (nSPS) is 11.4. The van der Waals surface area contributed by atoms with Gasteiger partial charge in [-0.1, -0.05) is 127 Å². The molecule has 47 heavy (non-hydrogen) atoms. The first-order chi connectivity index (χ1) is 23.3. The topological polar surface area (TPSA) is 30.7 Å². The zero-order valence-corrected chi connectivity index (χ0v) is 25.6. The Morgan fingerprint density at radius 3 is 1.66 bits per heavy atom. The van der Waals surface area contributed by atoms with Crippen molar-refractivity contribution in [2.75, 3.05) is 0 Å². The van der Waals surface area contributed by atoms with E-state index in [1.54, 1.807) is 0 Å². The van der Waals surface area contributed by atoms with Crippen molar-refractivity contribution in [2.24, 2.45) is 0 Å². The van der Waals surface area contributed by atoms with E-state index < -0.39 is 0 Å². The van der Waals surface area contributed by atoms with Crippen molar-refractivity contribution in [3.05, 3.63) is 176 Å². The van der Waals surface area contributed by atoms with Crippen LogP contribution < -0.4 is 0 Å². The summed E-state index contributed by atoms with van der Waals surface area (Å²) in [6.07, 6.45) is 1.85. The van der Waals surface area contributed by atoms with E-state index in [1.165, 1.54) is 43.8 Å². The van der Waals surface area contributed by atoms with Crippen LogP contribution in [0.5, 0.6) is 0 Å².